The molecule has 140 valence electrons. The molecule has 0 bridgehead atoms. The second kappa shape index (κ2) is 7.60. The molecule has 3 rings (SSSR count). The van der Waals surface area contributed by atoms with Crippen LogP contribution in [0.5, 0.6) is 0 Å². The van der Waals surface area contributed by atoms with Crippen molar-refractivity contribution in [2.75, 3.05) is 45.3 Å². The van der Waals surface area contributed by atoms with Crippen LogP contribution in [0.4, 0.5) is 5.82 Å². The van der Waals surface area contributed by atoms with Gasteiger partial charge in [-0.1, -0.05) is 18.2 Å². The number of likely N-dealkylation sites (N-methyl/N-ethyl adjacent to an activating group) is 1. The Bertz CT molecular complexity index is 776. The molecule has 1 amide bonds. The Morgan fingerprint density at radius 3 is 2.85 bits per heavy atom. The highest BCUT2D eigenvalue weighted by Gasteiger charge is 2.34. The predicted octanol–water partition coefficient (Wildman–Crippen LogP) is 2.32. The van der Waals surface area contributed by atoms with Crippen LogP contribution in [0.15, 0.2) is 36.4 Å². The summed E-state index contributed by atoms with van der Waals surface area (Å²) < 4.78 is 11.7. The molecule has 0 unspecified atom stereocenters. The van der Waals surface area contributed by atoms with Gasteiger partial charge in [-0.25, -0.2) is 4.98 Å². The average Bonchev–Trinajstić information content (AvgIpc) is 2.59. The molecule has 6 nitrogen and oxygen atoms in total. The van der Waals surface area contributed by atoms with Crippen LogP contribution in [0.2, 0.25) is 0 Å². The van der Waals surface area contributed by atoms with Gasteiger partial charge >= 0.3 is 0 Å². The average molecular weight is 357 g/mol. The van der Waals surface area contributed by atoms with Crippen LogP contribution >= 0.6 is 0 Å². The molecule has 2 aromatic rings. The smallest absolute Gasteiger partial charge is 0.248 e. The molecule has 26 heavy (non-hydrogen) atoms. The number of carbonyl (C=O) groups is 1. The number of amides is 1. The van der Waals surface area contributed by atoms with Crippen molar-refractivity contribution in [2.45, 2.75) is 25.6 Å². The third-order valence-electron chi connectivity index (χ3n) is 4.42. The fourth-order valence-corrected chi connectivity index (χ4v) is 3.20. The van der Waals surface area contributed by atoms with E-state index in [9.17, 15) is 4.79 Å². The molecule has 1 aliphatic rings. The zero-order valence-electron chi connectivity index (χ0n) is 15.9. The summed E-state index contributed by atoms with van der Waals surface area (Å²) in [6.45, 7) is 6.03. The Labute approximate surface area is 154 Å². The van der Waals surface area contributed by atoms with Gasteiger partial charge < -0.3 is 19.3 Å². The van der Waals surface area contributed by atoms with Crippen LogP contribution in [0.25, 0.3) is 10.9 Å². The lowest BCUT2D eigenvalue weighted by Gasteiger charge is -2.43. The summed E-state index contributed by atoms with van der Waals surface area (Å²) in [7, 11) is 3.44. The Kier molecular flexibility index (Phi) is 5.44. The monoisotopic (exact) mass is 357 g/mol. The molecule has 1 aliphatic heterocycles. The van der Waals surface area contributed by atoms with E-state index in [0.29, 0.717) is 13.2 Å². The number of fused-ring (bicyclic) bond motifs is 1. The van der Waals surface area contributed by atoms with Crippen LogP contribution in [-0.4, -0.2) is 67.9 Å². The molecule has 1 saturated heterocycles. The van der Waals surface area contributed by atoms with Crippen LogP contribution < -0.4 is 4.90 Å². The Morgan fingerprint density at radius 2 is 2.08 bits per heavy atom. The first-order valence-electron chi connectivity index (χ1n) is 8.90. The second-order valence-electron chi connectivity index (χ2n) is 7.55. The molecule has 0 spiro atoms. The summed E-state index contributed by atoms with van der Waals surface area (Å²) in [5.41, 5.74) is 0.671. The fourth-order valence-electron chi connectivity index (χ4n) is 3.20. The quantitative estimate of drug-likeness (QED) is 0.822. The van der Waals surface area contributed by atoms with Gasteiger partial charge in [0.15, 0.2) is 0 Å². The molecule has 2 heterocycles. The van der Waals surface area contributed by atoms with Gasteiger partial charge in [0, 0.05) is 32.6 Å². The molecular weight excluding hydrogens is 330 g/mol. The van der Waals surface area contributed by atoms with Gasteiger partial charge in [-0.3, -0.25) is 4.79 Å². The largest absolute Gasteiger partial charge is 0.369 e. The minimum atomic E-state index is -0.314. The maximum Gasteiger partial charge on any atom is 0.248 e. The molecule has 6 heteroatoms. The van der Waals surface area contributed by atoms with Gasteiger partial charge in [0.2, 0.25) is 5.91 Å². The van der Waals surface area contributed by atoms with E-state index in [1.807, 2.05) is 18.2 Å². The Hall–Kier alpha value is -2.18. The van der Waals surface area contributed by atoms with Crippen molar-refractivity contribution in [1.29, 1.82) is 0 Å². The standard InChI is InChI=1S/C20H27N3O3/c1-20(2)14-23(11-16(26-20)12-25-13-19(24)22(3)4)18-10-9-15-7-5-6-8-17(15)21-18/h5-10,16H,11-14H2,1-4H3/t16-/m1/s1. The van der Waals surface area contributed by atoms with Crippen molar-refractivity contribution in [1.82, 2.24) is 9.88 Å². The van der Waals surface area contributed by atoms with Gasteiger partial charge in [0.25, 0.3) is 0 Å². The molecule has 1 fully saturated rings. The minimum absolute atomic E-state index is 0.0480. The summed E-state index contributed by atoms with van der Waals surface area (Å²) in [5.74, 6) is 0.891. The van der Waals surface area contributed by atoms with Crippen molar-refractivity contribution in [3.8, 4) is 0 Å². The number of pyridine rings is 1. The first-order valence-corrected chi connectivity index (χ1v) is 8.90. The van der Waals surface area contributed by atoms with Crippen molar-refractivity contribution >= 4 is 22.6 Å². The predicted molar refractivity (Wildman–Crippen MR) is 102 cm³/mol. The normalized spacial score (nSPS) is 19.5. The lowest BCUT2D eigenvalue weighted by molar-refractivity contribution is -0.139. The maximum atomic E-state index is 11.7. The highest BCUT2D eigenvalue weighted by molar-refractivity contribution is 5.80. The van der Waals surface area contributed by atoms with Crippen LogP contribution in [0.1, 0.15) is 13.8 Å². The summed E-state index contributed by atoms with van der Waals surface area (Å²) >= 11 is 0. The third kappa shape index (κ3) is 4.51. The molecule has 0 N–H and O–H groups in total. The number of para-hydroxylation sites is 1. The number of morpholine rings is 1. The van der Waals surface area contributed by atoms with E-state index in [4.69, 9.17) is 14.5 Å². The van der Waals surface area contributed by atoms with E-state index >= 15 is 0 Å². The third-order valence-corrected chi connectivity index (χ3v) is 4.42. The lowest BCUT2D eigenvalue weighted by Crippen LogP contribution is -2.54. The first-order chi connectivity index (χ1) is 12.3. The number of rotatable bonds is 5. The molecule has 0 radical (unpaired) electrons. The van der Waals surface area contributed by atoms with Crippen molar-refractivity contribution in [2.24, 2.45) is 0 Å². The maximum absolute atomic E-state index is 11.7. The summed E-state index contributed by atoms with van der Waals surface area (Å²) in [4.78, 5) is 20.2. The number of carbonyl (C=O) groups excluding carboxylic acids is 1. The summed E-state index contributed by atoms with van der Waals surface area (Å²) in [6, 6.07) is 12.3. The zero-order chi connectivity index (χ0) is 18.7. The number of ether oxygens (including phenoxy) is 2. The van der Waals surface area contributed by atoms with Gasteiger partial charge in [0.1, 0.15) is 12.4 Å². The lowest BCUT2D eigenvalue weighted by atomic mass is 10.1. The van der Waals surface area contributed by atoms with Crippen LogP contribution in [0.3, 0.4) is 0 Å². The Balaban J connectivity index is 1.69. The summed E-state index contributed by atoms with van der Waals surface area (Å²) in [5, 5.41) is 1.13. The van der Waals surface area contributed by atoms with Crippen molar-refractivity contribution in [3.05, 3.63) is 36.4 Å². The molecule has 1 aromatic carbocycles. The highest BCUT2D eigenvalue weighted by Crippen LogP contribution is 2.26. The van der Waals surface area contributed by atoms with E-state index in [1.54, 1.807) is 14.1 Å². The van der Waals surface area contributed by atoms with E-state index in [-0.39, 0.29) is 24.2 Å². The second-order valence-corrected chi connectivity index (χ2v) is 7.55. The molecule has 1 aromatic heterocycles. The SMILES string of the molecule is CN(C)C(=O)COC[C@H]1CN(c2ccc3ccccc3n2)CC(C)(C)O1. The van der Waals surface area contributed by atoms with Gasteiger partial charge in [-0.15, -0.1) is 0 Å². The number of aromatic nitrogens is 1. The number of nitrogens with zero attached hydrogens (tertiary/aromatic N) is 3. The number of hydrogen-bond acceptors (Lipinski definition) is 5. The van der Waals surface area contributed by atoms with Gasteiger partial charge in [-0.05, 0) is 32.0 Å². The van der Waals surface area contributed by atoms with E-state index in [1.165, 1.54) is 4.90 Å². The molecular formula is C20H27N3O3. The van der Waals surface area contributed by atoms with E-state index in [0.717, 1.165) is 23.3 Å². The van der Waals surface area contributed by atoms with Crippen LogP contribution in [0, 0.1) is 0 Å². The zero-order valence-corrected chi connectivity index (χ0v) is 15.9. The van der Waals surface area contributed by atoms with Gasteiger partial charge in [0.05, 0.1) is 23.8 Å². The van der Waals surface area contributed by atoms with Crippen molar-refractivity contribution in [3.63, 3.8) is 0 Å². The van der Waals surface area contributed by atoms with Crippen LogP contribution in [-0.2, 0) is 14.3 Å². The van der Waals surface area contributed by atoms with E-state index in [2.05, 4.69) is 36.9 Å². The fraction of sp³-hybridized carbons (Fsp3) is 0.500. The molecule has 0 aliphatic carbocycles. The minimum Gasteiger partial charge on any atom is -0.369 e. The number of hydrogen-bond donors (Lipinski definition) is 0. The topological polar surface area (TPSA) is 54.9 Å². The first kappa shape index (κ1) is 18.6. The van der Waals surface area contributed by atoms with E-state index < -0.39 is 0 Å². The number of benzene rings is 1. The summed E-state index contributed by atoms with van der Waals surface area (Å²) in [6.07, 6.45) is -0.109. The number of anilines is 1. The Morgan fingerprint density at radius 1 is 1.31 bits per heavy atom. The highest BCUT2D eigenvalue weighted by atomic mass is 16.5. The van der Waals surface area contributed by atoms with Crippen molar-refractivity contribution < 1.29 is 14.3 Å². The molecule has 1 atom stereocenters. The molecule has 0 saturated carbocycles. The van der Waals surface area contributed by atoms with Gasteiger partial charge in [-0.2, -0.15) is 0 Å².